The van der Waals surface area contributed by atoms with Crippen molar-refractivity contribution >= 4 is 35.6 Å². The quantitative estimate of drug-likeness (QED) is 0.0679. The lowest BCUT2D eigenvalue weighted by Crippen LogP contribution is -2.42. The van der Waals surface area contributed by atoms with Gasteiger partial charge in [0.2, 0.25) is 11.8 Å². The van der Waals surface area contributed by atoms with Gasteiger partial charge in [-0.05, 0) is 32.1 Å². The zero-order chi connectivity index (χ0) is 30.6. The summed E-state index contributed by atoms with van der Waals surface area (Å²) in [7, 11) is 1.75. The molecule has 15 heteroatoms. The maximum atomic E-state index is 12.5. The van der Waals surface area contributed by atoms with Crippen molar-refractivity contribution in [2.75, 3.05) is 78.7 Å². The third-order valence-electron chi connectivity index (χ3n) is 6.97. The Balaban J connectivity index is 1.45. The van der Waals surface area contributed by atoms with Crippen LogP contribution in [0.25, 0.3) is 0 Å². The number of nitrogens with one attached hydrogen (secondary N) is 3. The van der Waals surface area contributed by atoms with E-state index in [0.29, 0.717) is 70.6 Å². The van der Waals surface area contributed by atoms with Crippen molar-refractivity contribution in [1.82, 2.24) is 20.9 Å². The van der Waals surface area contributed by atoms with E-state index in [1.165, 1.54) is 0 Å². The predicted octanol–water partition coefficient (Wildman–Crippen LogP) is -0.0646. The van der Waals surface area contributed by atoms with Crippen molar-refractivity contribution in [2.24, 2.45) is 5.73 Å². The van der Waals surface area contributed by atoms with Crippen LogP contribution in [0.5, 0.6) is 0 Å². The zero-order valence-corrected chi connectivity index (χ0v) is 25.5. The lowest BCUT2D eigenvalue weighted by Gasteiger charge is -2.19. The highest BCUT2D eigenvalue weighted by molar-refractivity contribution is 8.00. The van der Waals surface area contributed by atoms with Gasteiger partial charge in [-0.2, -0.15) is 11.8 Å². The molecule has 0 aliphatic carbocycles. The number of carboxylic acid groups (broad SMARTS) is 1. The van der Waals surface area contributed by atoms with Gasteiger partial charge < -0.3 is 50.6 Å². The van der Waals surface area contributed by atoms with Crippen molar-refractivity contribution in [3.8, 4) is 0 Å². The molecule has 2 heterocycles. The highest BCUT2D eigenvalue weighted by Crippen LogP contribution is 2.33. The van der Waals surface area contributed by atoms with Crippen molar-refractivity contribution in [3.63, 3.8) is 0 Å². The lowest BCUT2D eigenvalue weighted by molar-refractivity contribution is -0.143. The fourth-order valence-corrected chi connectivity index (χ4v) is 6.22. The summed E-state index contributed by atoms with van der Waals surface area (Å²) in [5, 5.41) is 18.3. The Morgan fingerprint density at radius 3 is 2.33 bits per heavy atom. The number of hydrogen-bond acceptors (Lipinski definition) is 10. The Hall–Kier alpha value is -2.17. The first-order valence-corrected chi connectivity index (χ1v) is 15.8. The summed E-state index contributed by atoms with van der Waals surface area (Å²) < 4.78 is 21.1. The molecule has 2 unspecified atom stereocenters. The minimum absolute atomic E-state index is 0.0625. The summed E-state index contributed by atoms with van der Waals surface area (Å²) in [5.74, 6) is -0.624. The maximum Gasteiger partial charge on any atom is 0.326 e. The summed E-state index contributed by atoms with van der Waals surface area (Å²) in [4.78, 5) is 49.3. The van der Waals surface area contributed by atoms with Gasteiger partial charge in [0, 0.05) is 37.6 Å². The summed E-state index contributed by atoms with van der Waals surface area (Å²) in [6.07, 6.45) is 4.59. The molecular formula is C27H49N5O9S. The number of aliphatic carboxylic acids is 1. The largest absolute Gasteiger partial charge is 0.480 e. The van der Waals surface area contributed by atoms with Crippen LogP contribution in [0.2, 0.25) is 0 Å². The van der Waals surface area contributed by atoms with E-state index in [0.717, 1.165) is 25.0 Å². The van der Waals surface area contributed by atoms with Crippen LogP contribution in [0.3, 0.4) is 0 Å². The first kappa shape index (κ1) is 36.0. The van der Waals surface area contributed by atoms with Crippen LogP contribution in [0.1, 0.15) is 44.9 Å². The number of hydrogen-bond donors (Lipinski definition) is 5. The number of carbonyl (C=O) groups is 4. The van der Waals surface area contributed by atoms with Crippen molar-refractivity contribution < 1.29 is 43.2 Å². The van der Waals surface area contributed by atoms with Gasteiger partial charge in [0.15, 0.2) is 0 Å². The number of nitrogens with two attached hydrogens (primary N) is 1. The molecule has 2 fully saturated rings. The molecule has 6 N–H and O–H groups in total. The molecule has 4 atom stereocenters. The standard InChI is InChI=1S/C27H49N5O9S/c1-32(24(34)8-3-2-7-22-25-21(19-42-22)30-27(37)31-25)10-5-4-6-20(26(35)36)29-23(33)18-41-17-16-40-15-14-39-13-12-38-11-9-28/h20-22,25H,2-19,28H2,1H3,(H,29,33)(H,35,36)(H2,30,31,37)/t20-,21?,22-,25?/m0/s1. The average molecular weight is 620 g/mol. The molecule has 2 saturated heterocycles. The van der Waals surface area contributed by atoms with E-state index in [2.05, 4.69) is 16.0 Å². The van der Waals surface area contributed by atoms with Crippen LogP contribution >= 0.6 is 11.8 Å². The number of rotatable bonds is 25. The van der Waals surface area contributed by atoms with E-state index >= 15 is 0 Å². The second-order valence-electron chi connectivity index (χ2n) is 10.3. The molecular weight excluding hydrogens is 570 g/mol. The fraction of sp³-hybridized carbons (Fsp3) is 0.852. The van der Waals surface area contributed by atoms with Gasteiger partial charge in [-0.1, -0.05) is 6.42 Å². The molecule has 14 nitrogen and oxygen atoms in total. The van der Waals surface area contributed by atoms with Gasteiger partial charge >= 0.3 is 12.0 Å². The number of carboxylic acids is 1. The molecule has 242 valence electrons. The third kappa shape index (κ3) is 14.8. The Labute approximate surface area is 252 Å². The van der Waals surface area contributed by atoms with Gasteiger partial charge in [0.1, 0.15) is 12.6 Å². The number of amides is 4. The number of unbranched alkanes of at least 4 members (excludes halogenated alkanes) is 2. The molecule has 0 bridgehead atoms. The Morgan fingerprint density at radius 1 is 1.00 bits per heavy atom. The molecule has 2 aliphatic rings. The van der Waals surface area contributed by atoms with Crippen LogP contribution in [-0.2, 0) is 33.3 Å². The van der Waals surface area contributed by atoms with Crippen molar-refractivity contribution in [2.45, 2.75) is 68.3 Å². The monoisotopic (exact) mass is 619 g/mol. The minimum Gasteiger partial charge on any atom is -0.480 e. The number of carbonyl (C=O) groups excluding carboxylic acids is 3. The Bertz CT molecular complexity index is 825. The number of thioether (sulfide) groups is 1. The normalized spacial score (nSPS) is 20.0. The van der Waals surface area contributed by atoms with Gasteiger partial charge in [-0.3, -0.25) is 9.59 Å². The maximum absolute atomic E-state index is 12.5. The molecule has 2 aliphatic heterocycles. The molecule has 0 spiro atoms. The van der Waals surface area contributed by atoms with Gasteiger partial charge in [0.05, 0.1) is 58.3 Å². The van der Waals surface area contributed by atoms with Gasteiger partial charge in [-0.15, -0.1) is 0 Å². The summed E-state index contributed by atoms with van der Waals surface area (Å²) in [6.45, 7) is 3.46. The second kappa shape index (κ2) is 21.5. The van der Waals surface area contributed by atoms with Gasteiger partial charge in [0.25, 0.3) is 0 Å². The topological polar surface area (TPSA) is 191 Å². The first-order valence-electron chi connectivity index (χ1n) is 14.8. The number of fused-ring (bicyclic) bond motifs is 1. The SMILES string of the molecule is CN(CCCC[C@H](NC(=O)COCCOCCOCCOCCN)C(=O)O)C(=O)CCCC[C@@H]1SCC2NC(=O)NC21. The minimum atomic E-state index is -1.11. The second-order valence-corrected chi connectivity index (χ2v) is 11.6. The average Bonchev–Trinajstić information content (AvgIpc) is 3.51. The smallest absolute Gasteiger partial charge is 0.326 e. The Kier molecular flexibility index (Phi) is 18.4. The first-order chi connectivity index (χ1) is 20.3. The van der Waals surface area contributed by atoms with E-state index in [1.807, 2.05) is 11.8 Å². The molecule has 0 aromatic carbocycles. The zero-order valence-electron chi connectivity index (χ0n) is 24.7. The molecule has 0 saturated carbocycles. The number of nitrogens with zero attached hydrogens (tertiary/aromatic N) is 1. The predicted molar refractivity (Wildman–Crippen MR) is 157 cm³/mol. The van der Waals surface area contributed by atoms with Crippen LogP contribution < -0.4 is 21.7 Å². The van der Waals surface area contributed by atoms with E-state index < -0.39 is 17.9 Å². The highest BCUT2D eigenvalue weighted by atomic mass is 32.2. The highest BCUT2D eigenvalue weighted by Gasteiger charge is 2.42. The number of urea groups is 1. The van der Waals surface area contributed by atoms with Crippen molar-refractivity contribution in [3.05, 3.63) is 0 Å². The van der Waals surface area contributed by atoms with Crippen LogP contribution in [-0.4, -0.2) is 136 Å². The molecule has 0 aromatic heterocycles. The third-order valence-corrected chi connectivity index (χ3v) is 8.48. The van der Waals surface area contributed by atoms with E-state index in [9.17, 15) is 24.3 Å². The van der Waals surface area contributed by atoms with Crippen LogP contribution in [0.4, 0.5) is 4.79 Å². The molecule has 4 amide bonds. The number of ether oxygens (including phenoxy) is 4. The van der Waals surface area contributed by atoms with E-state index in [4.69, 9.17) is 24.7 Å². The van der Waals surface area contributed by atoms with Crippen molar-refractivity contribution in [1.29, 1.82) is 0 Å². The summed E-state index contributed by atoms with van der Waals surface area (Å²) in [6, 6.07) is -0.711. The molecule has 2 rings (SSSR count). The lowest BCUT2D eigenvalue weighted by atomic mass is 10.0. The van der Waals surface area contributed by atoms with E-state index in [1.54, 1.807) is 11.9 Å². The van der Waals surface area contributed by atoms with E-state index in [-0.39, 0.29) is 50.3 Å². The van der Waals surface area contributed by atoms with Crippen LogP contribution in [0, 0.1) is 0 Å². The van der Waals surface area contributed by atoms with Gasteiger partial charge in [-0.25, -0.2) is 9.59 Å². The van der Waals surface area contributed by atoms with Crippen LogP contribution in [0.15, 0.2) is 0 Å². The molecule has 0 aromatic rings. The molecule has 42 heavy (non-hydrogen) atoms. The fourth-order valence-electron chi connectivity index (χ4n) is 4.68. The molecule has 0 radical (unpaired) electrons. The Morgan fingerprint density at radius 2 is 1.67 bits per heavy atom. The summed E-state index contributed by atoms with van der Waals surface area (Å²) >= 11 is 1.87. The summed E-state index contributed by atoms with van der Waals surface area (Å²) in [5.41, 5.74) is 5.32.